The monoisotopic (exact) mass is 502 g/mol. The third kappa shape index (κ3) is 5.97. The molecule has 0 spiro atoms. The minimum absolute atomic E-state index is 0.171. The fourth-order valence-corrected chi connectivity index (χ4v) is 3.92. The van der Waals surface area contributed by atoms with Crippen molar-refractivity contribution in [2.24, 2.45) is 5.73 Å². The molecule has 28 heavy (non-hydrogen) atoms. The van der Waals surface area contributed by atoms with Crippen molar-refractivity contribution in [3.63, 3.8) is 0 Å². The molecule has 0 aromatic heterocycles. The van der Waals surface area contributed by atoms with Crippen LogP contribution in [-0.2, 0) is 27.3 Å². The molecule has 7 heteroatoms. The second-order valence-electron chi connectivity index (χ2n) is 6.19. The molecule has 0 fully saturated rings. The first kappa shape index (κ1) is 22.7. The van der Waals surface area contributed by atoms with Gasteiger partial charge in [-0.2, -0.15) is 0 Å². The number of benzene rings is 3. The Morgan fingerprint density at radius 2 is 1.29 bits per heavy atom. The van der Waals surface area contributed by atoms with E-state index in [4.69, 9.17) is 5.73 Å². The number of nitrogens with zero attached hydrogens (tertiary/aromatic N) is 1. The second kappa shape index (κ2) is 10.8. The van der Waals surface area contributed by atoms with E-state index in [9.17, 15) is 8.42 Å². The van der Waals surface area contributed by atoms with Crippen LogP contribution in [0.3, 0.4) is 0 Å². The van der Waals surface area contributed by atoms with Crippen LogP contribution < -0.4 is 5.73 Å². The Balaban J connectivity index is 0.00000136. The summed E-state index contributed by atoms with van der Waals surface area (Å²) in [6.07, 6.45) is 0. The Kier molecular flexibility index (Phi) is 8.80. The third-order valence-corrected chi connectivity index (χ3v) is 5.61. The van der Waals surface area contributed by atoms with Gasteiger partial charge in [0.15, 0.2) is 0 Å². The standard InChI is InChI=1S/C21H21N2O2S.ClH.Ru/c1-16-12-14-19(15-13-16)26(24,25)23-21(18-10-6-3-7-11-18)20(22)17-8-4-2-5-9-17;;/h2-15,20-21H,22H2,1H3;1H;/q-1;;+3/p-1/t20-,21-;;/m1../s1. The summed E-state index contributed by atoms with van der Waals surface area (Å²) < 4.78 is 29.9. The van der Waals surface area contributed by atoms with Crippen molar-refractivity contribution in [3.8, 4) is 0 Å². The fraction of sp³-hybridized carbons (Fsp3) is 0.143. The Hall–Kier alpha value is -1.56. The summed E-state index contributed by atoms with van der Waals surface area (Å²) in [5, 5.41) is 0. The van der Waals surface area contributed by atoms with Crippen molar-refractivity contribution in [3.05, 3.63) is 106 Å². The van der Waals surface area contributed by atoms with E-state index in [1.165, 1.54) is 0 Å². The molecule has 0 heterocycles. The number of hydrogen-bond acceptors (Lipinski definition) is 3. The van der Waals surface area contributed by atoms with Crippen molar-refractivity contribution < 1.29 is 25.7 Å². The zero-order chi connectivity index (χ0) is 20.6. The SMILES string of the molecule is Cc1ccc(S(=O)(=O)[N-][C@H](c2ccccc2)[C@H](N)c2ccccc2)cc1.[Cl][Ru+2]. The van der Waals surface area contributed by atoms with Crippen molar-refractivity contribution >= 4 is 19.7 Å². The van der Waals surface area contributed by atoms with Crippen LogP contribution in [0.2, 0.25) is 0 Å². The molecule has 0 aliphatic carbocycles. The fourth-order valence-electron chi connectivity index (χ4n) is 2.76. The number of sulfonamides is 1. The molecule has 0 radical (unpaired) electrons. The zero-order valence-electron chi connectivity index (χ0n) is 15.2. The second-order valence-corrected chi connectivity index (χ2v) is 7.82. The molecule has 3 aromatic carbocycles. The van der Waals surface area contributed by atoms with E-state index in [0.717, 1.165) is 16.7 Å². The van der Waals surface area contributed by atoms with Crippen LogP contribution in [0, 0.1) is 6.92 Å². The first-order valence-corrected chi connectivity index (χ1v) is 12.2. The molecule has 2 atom stereocenters. The van der Waals surface area contributed by atoms with Gasteiger partial charge in [-0.05, 0) is 24.6 Å². The summed E-state index contributed by atoms with van der Waals surface area (Å²) in [4.78, 5) is 0.171. The molecule has 0 unspecified atom stereocenters. The predicted octanol–water partition coefficient (Wildman–Crippen LogP) is 5.19. The minimum atomic E-state index is -3.83. The average Bonchev–Trinajstić information content (AvgIpc) is 2.74. The van der Waals surface area contributed by atoms with Crippen molar-refractivity contribution in [1.29, 1.82) is 0 Å². The van der Waals surface area contributed by atoms with Crippen molar-refractivity contribution in [2.75, 3.05) is 0 Å². The van der Waals surface area contributed by atoms with Gasteiger partial charge in [0.25, 0.3) is 0 Å². The summed E-state index contributed by atoms with van der Waals surface area (Å²) in [5.41, 5.74) is 9.01. The number of hydrogen-bond donors (Lipinski definition) is 1. The zero-order valence-corrected chi connectivity index (χ0v) is 18.5. The summed E-state index contributed by atoms with van der Waals surface area (Å²) in [6, 6.07) is 24.1. The molecule has 0 saturated carbocycles. The Labute approximate surface area is 180 Å². The van der Waals surface area contributed by atoms with Gasteiger partial charge in [0.1, 0.15) is 10.0 Å². The van der Waals surface area contributed by atoms with Gasteiger partial charge in [0, 0.05) is 10.9 Å². The summed E-state index contributed by atoms with van der Waals surface area (Å²) in [7, 11) is 0.736. The Morgan fingerprint density at radius 1 is 0.821 bits per heavy atom. The maximum absolute atomic E-state index is 12.8. The molecule has 0 amide bonds. The molecule has 0 bridgehead atoms. The molecule has 4 nitrogen and oxygen atoms in total. The molecule has 0 aliphatic heterocycles. The van der Waals surface area contributed by atoms with Crippen LogP contribution in [0.25, 0.3) is 4.72 Å². The van der Waals surface area contributed by atoms with Crippen molar-refractivity contribution in [1.82, 2.24) is 0 Å². The molecule has 0 aliphatic rings. The van der Waals surface area contributed by atoms with E-state index < -0.39 is 22.1 Å². The number of rotatable bonds is 6. The van der Waals surface area contributed by atoms with E-state index in [2.05, 4.69) is 14.4 Å². The first-order chi connectivity index (χ1) is 13.5. The van der Waals surface area contributed by atoms with Gasteiger partial charge in [0.2, 0.25) is 0 Å². The molecule has 147 valence electrons. The molecular weight excluding hydrogens is 481 g/mol. The predicted molar refractivity (Wildman–Crippen MR) is 110 cm³/mol. The van der Waals surface area contributed by atoms with Gasteiger partial charge < -0.3 is 10.5 Å². The van der Waals surface area contributed by atoms with Gasteiger partial charge in [0.05, 0.1) is 0 Å². The van der Waals surface area contributed by atoms with Crippen LogP contribution in [0.15, 0.2) is 89.8 Å². The van der Waals surface area contributed by atoms with Crippen LogP contribution in [0.4, 0.5) is 0 Å². The van der Waals surface area contributed by atoms with Gasteiger partial charge in [-0.15, -0.1) is 0 Å². The van der Waals surface area contributed by atoms with Gasteiger partial charge in [-0.25, -0.2) is 8.42 Å². The topological polar surface area (TPSA) is 74.3 Å². The van der Waals surface area contributed by atoms with Crippen molar-refractivity contribution in [2.45, 2.75) is 23.9 Å². The molecule has 3 aromatic rings. The summed E-state index contributed by atoms with van der Waals surface area (Å²) >= 11 is 1.82. The van der Waals surface area contributed by atoms with E-state index in [1.807, 2.05) is 84.9 Å². The van der Waals surface area contributed by atoms with Crippen LogP contribution >= 0.6 is 9.69 Å². The normalized spacial score (nSPS) is 13.1. The molecule has 2 N–H and O–H groups in total. The number of nitrogens with two attached hydrogens (primary N) is 1. The molecular formula is C21H21ClN2O2RuS+. The van der Waals surface area contributed by atoms with E-state index in [-0.39, 0.29) is 4.90 Å². The average molecular weight is 502 g/mol. The van der Waals surface area contributed by atoms with Crippen LogP contribution in [0.1, 0.15) is 28.8 Å². The van der Waals surface area contributed by atoms with E-state index in [0.29, 0.717) is 0 Å². The maximum atomic E-state index is 12.8. The first-order valence-electron chi connectivity index (χ1n) is 8.50. The number of aryl methyl sites for hydroxylation is 1. The van der Waals surface area contributed by atoms with Crippen LogP contribution in [0.5, 0.6) is 0 Å². The van der Waals surface area contributed by atoms with Gasteiger partial charge in [-0.1, -0.05) is 90.0 Å². The Bertz CT molecular complexity index is 953. The van der Waals surface area contributed by atoms with E-state index in [1.54, 1.807) is 24.3 Å². The summed E-state index contributed by atoms with van der Waals surface area (Å²) in [5.74, 6) is 0. The quantitative estimate of drug-likeness (QED) is 0.472. The van der Waals surface area contributed by atoms with Crippen LogP contribution in [-0.4, -0.2) is 8.42 Å². The van der Waals surface area contributed by atoms with Gasteiger partial charge >= 0.3 is 27.0 Å². The molecule has 3 rings (SSSR count). The Morgan fingerprint density at radius 3 is 1.79 bits per heavy atom. The summed E-state index contributed by atoms with van der Waals surface area (Å²) in [6.45, 7) is 1.91. The van der Waals surface area contributed by atoms with E-state index >= 15 is 0 Å². The third-order valence-electron chi connectivity index (χ3n) is 4.24. The van der Waals surface area contributed by atoms with Gasteiger partial charge in [-0.3, -0.25) is 0 Å². The molecule has 0 saturated heterocycles. The number of halogens is 1.